The van der Waals surface area contributed by atoms with Crippen LogP contribution in [0.2, 0.25) is 0 Å². The zero-order valence-electron chi connectivity index (χ0n) is 23.5. The lowest BCUT2D eigenvalue weighted by atomic mass is 9.86. The fraction of sp³-hybridized carbons (Fsp3) is 0.235. The molecule has 2 aromatic carbocycles. The number of hydrogen-bond acceptors (Lipinski definition) is 6. The number of pyridine rings is 2. The Kier molecular flexibility index (Phi) is 6.55. The van der Waals surface area contributed by atoms with Gasteiger partial charge >= 0.3 is 0 Å². The molecule has 7 rings (SSSR count). The number of anilines is 1. The number of amides is 1. The third-order valence-electron chi connectivity index (χ3n) is 8.70. The number of nitrogens with two attached hydrogens (primary N) is 1. The number of carbonyl (C=O) groups is 1. The lowest BCUT2D eigenvalue weighted by Gasteiger charge is -2.24. The predicted molar refractivity (Wildman–Crippen MR) is 166 cm³/mol. The van der Waals surface area contributed by atoms with Gasteiger partial charge in [-0.2, -0.15) is 0 Å². The van der Waals surface area contributed by atoms with Crippen molar-refractivity contribution in [3.63, 3.8) is 0 Å². The quantitative estimate of drug-likeness (QED) is 0.284. The molecule has 1 amide bonds. The van der Waals surface area contributed by atoms with Gasteiger partial charge in [0, 0.05) is 49.0 Å². The second-order valence-corrected chi connectivity index (χ2v) is 11.5. The summed E-state index contributed by atoms with van der Waals surface area (Å²) in [5.41, 5.74) is 13.0. The highest BCUT2D eigenvalue weighted by atomic mass is 16.2. The van der Waals surface area contributed by atoms with E-state index >= 15 is 0 Å². The van der Waals surface area contributed by atoms with Gasteiger partial charge in [0.15, 0.2) is 11.5 Å². The molecule has 1 atom stereocenters. The molecule has 0 bridgehead atoms. The van der Waals surface area contributed by atoms with E-state index in [1.54, 1.807) is 6.20 Å². The average molecular weight is 556 g/mol. The number of rotatable bonds is 6. The predicted octanol–water partition coefficient (Wildman–Crippen LogP) is 5.34. The summed E-state index contributed by atoms with van der Waals surface area (Å²) in [6.07, 6.45) is 5.31. The van der Waals surface area contributed by atoms with Crippen LogP contribution in [0.25, 0.3) is 39.5 Å². The smallest absolute Gasteiger partial charge is 0.245 e. The van der Waals surface area contributed by atoms with Crippen molar-refractivity contribution < 1.29 is 4.79 Å². The van der Waals surface area contributed by atoms with Crippen molar-refractivity contribution in [1.82, 2.24) is 29.3 Å². The molecule has 2 fully saturated rings. The van der Waals surface area contributed by atoms with E-state index in [1.165, 1.54) is 11.6 Å². The Labute approximate surface area is 245 Å². The van der Waals surface area contributed by atoms with E-state index in [-0.39, 0.29) is 11.3 Å². The van der Waals surface area contributed by atoms with Crippen molar-refractivity contribution in [3.05, 3.63) is 103 Å². The number of nitrogen functional groups attached to an aromatic ring is 1. The lowest BCUT2D eigenvalue weighted by Crippen LogP contribution is -2.33. The van der Waals surface area contributed by atoms with Crippen LogP contribution in [0.4, 0.5) is 5.82 Å². The van der Waals surface area contributed by atoms with Crippen LogP contribution in [0.15, 0.2) is 97.7 Å². The summed E-state index contributed by atoms with van der Waals surface area (Å²) < 4.78 is 2.08. The van der Waals surface area contributed by atoms with Crippen LogP contribution < -0.4 is 5.73 Å². The first-order valence-corrected chi connectivity index (χ1v) is 14.4. The van der Waals surface area contributed by atoms with Crippen molar-refractivity contribution in [2.24, 2.45) is 5.41 Å². The van der Waals surface area contributed by atoms with Crippen molar-refractivity contribution in [2.75, 3.05) is 31.9 Å². The maximum atomic E-state index is 12.1. The maximum Gasteiger partial charge on any atom is 0.245 e. The van der Waals surface area contributed by atoms with Crippen molar-refractivity contribution in [2.45, 2.75) is 19.4 Å². The zero-order valence-corrected chi connectivity index (χ0v) is 23.5. The molecule has 5 aromatic rings. The number of nitrogens with zero attached hydrogens (tertiary/aromatic N) is 6. The number of aromatic nitrogens is 4. The first-order chi connectivity index (χ1) is 20.5. The molecule has 2 N–H and O–H groups in total. The number of likely N-dealkylation sites (tertiary alicyclic amines) is 2. The normalized spacial score (nSPS) is 18.7. The molecular formula is C34H33N7O. The largest absolute Gasteiger partial charge is 0.383 e. The highest BCUT2D eigenvalue weighted by Crippen LogP contribution is 2.40. The Bertz CT molecular complexity index is 1780. The molecule has 2 saturated heterocycles. The second kappa shape index (κ2) is 10.5. The van der Waals surface area contributed by atoms with E-state index in [9.17, 15) is 4.79 Å². The summed E-state index contributed by atoms with van der Waals surface area (Å²) in [6, 6.07) is 26.7. The van der Waals surface area contributed by atoms with E-state index in [0.717, 1.165) is 79.2 Å². The summed E-state index contributed by atoms with van der Waals surface area (Å²) in [7, 11) is 0. The monoisotopic (exact) mass is 555 g/mol. The molecule has 0 radical (unpaired) electrons. The summed E-state index contributed by atoms with van der Waals surface area (Å²) in [5.74, 6) is 1.19. The van der Waals surface area contributed by atoms with Gasteiger partial charge in [0.25, 0.3) is 0 Å². The highest BCUT2D eigenvalue weighted by molar-refractivity contribution is 5.87. The standard InChI is InChI=1S/C34H33N7O/c1-2-30(42)40-20-17-34(23-40)16-19-39(22-34)21-24-10-12-26(13-11-24)41-32(27-9-6-18-36-31(27)35)38-29-15-14-28(37-33(29)41)25-7-4-3-5-8-25/h2-15,18H,1,16-17,19-23H2,(H2,35,36). The molecule has 42 heavy (non-hydrogen) atoms. The van der Waals surface area contributed by atoms with Gasteiger partial charge in [-0.1, -0.05) is 49.0 Å². The third-order valence-corrected chi connectivity index (χ3v) is 8.70. The van der Waals surface area contributed by atoms with E-state index in [0.29, 0.717) is 11.6 Å². The number of fused-ring (bicyclic) bond motifs is 1. The van der Waals surface area contributed by atoms with Gasteiger partial charge < -0.3 is 10.6 Å². The first kappa shape index (κ1) is 26.1. The topological polar surface area (TPSA) is 93.2 Å². The van der Waals surface area contributed by atoms with E-state index in [2.05, 4.69) is 57.4 Å². The maximum absolute atomic E-state index is 12.1. The van der Waals surface area contributed by atoms with E-state index in [1.807, 2.05) is 47.4 Å². The number of hydrogen-bond donors (Lipinski definition) is 1. The Balaban J connectivity index is 1.20. The minimum Gasteiger partial charge on any atom is -0.383 e. The van der Waals surface area contributed by atoms with E-state index < -0.39 is 0 Å². The van der Waals surface area contributed by atoms with Gasteiger partial charge in [0.2, 0.25) is 5.91 Å². The molecule has 1 spiro atoms. The first-order valence-electron chi connectivity index (χ1n) is 14.4. The Hall–Kier alpha value is -4.82. The van der Waals surface area contributed by atoms with Crippen LogP contribution in [0.1, 0.15) is 18.4 Å². The van der Waals surface area contributed by atoms with Crippen molar-refractivity contribution in [3.8, 4) is 28.3 Å². The lowest BCUT2D eigenvalue weighted by molar-refractivity contribution is -0.125. The number of benzene rings is 2. The molecular weight excluding hydrogens is 522 g/mol. The molecule has 210 valence electrons. The molecule has 0 saturated carbocycles. The molecule has 5 heterocycles. The van der Waals surface area contributed by atoms with Gasteiger partial charge in [-0.15, -0.1) is 0 Å². The highest BCUT2D eigenvalue weighted by Gasteiger charge is 2.44. The van der Waals surface area contributed by atoms with Crippen LogP contribution >= 0.6 is 0 Å². The molecule has 2 aliphatic rings. The minimum atomic E-state index is 0.0470. The van der Waals surface area contributed by atoms with Gasteiger partial charge in [-0.05, 0) is 67.4 Å². The molecule has 2 aliphatic heterocycles. The Morgan fingerprint density at radius 2 is 1.74 bits per heavy atom. The number of carbonyl (C=O) groups excluding carboxylic acids is 1. The molecule has 8 nitrogen and oxygen atoms in total. The molecule has 1 unspecified atom stereocenters. The van der Waals surface area contributed by atoms with Crippen LogP contribution in [0, 0.1) is 5.41 Å². The SMILES string of the molecule is C=CC(=O)N1CCC2(CCN(Cc3ccc(-n4c(-c5cccnc5N)nc5ccc(-c6ccccc6)nc54)cc3)C2)C1. The minimum absolute atomic E-state index is 0.0470. The summed E-state index contributed by atoms with van der Waals surface area (Å²) >= 11 is 0. The van der Waals surface area contributed by atoms with Crippen LogP contribution in [-0.4, -0.2) is 61.4 Å². The van der Waals surface area contributed by atoms with Gasteiger partial charge in [-0.25, -0.2) is 15.0 Å². The van der Waals surface area contributed by atoms with Crippen LogP contribution in [-0.2, 0) is 11.3 Å². The molecule has 8 heteroatoms. The molecule has 3 aromatic heterocycles. The van der Waals surface area contributed by atoms with Crippen molar-refractivity contribution >= 4 is 22.9 Å². The Morgan fingerprint density at radius 3 is 2.52 bits per heavy atom. The molecule has 0 aliphatic carbocycles. The summed E-state index contributed by atoms with van der Waals surface area (Å²) in [5, 5.41) is 0. The van der Waals surface area contributed by atoms with Gasteiger partial charge in [0.05, 0.1) is 11.3 Å². The number of imidazole rings is 1. The second-order valence-electron chi connectivity index (χ2n) is 11.5. The van der Waals surface area contributed by atoms with Crippen LogP contribution in [0.5, 0.6) is 0 Å². The fourth-order valence-electron chi connectivity index (χ4n) is 6.52. The van der Waals surface area contributed by atoms with Gasteiger partial charge in [0.1, 0.15) is 11.3 Å². The zero-order chi connectivity index (χ0) is 28.7. The van der Waals surface area contributed by atoms with E-state index in [4.69, 9.17) is 15.7 Å². The fourth-order valence-corrected chi connectivity index (χ4v) is 6.52. The Morgan fingerprint density at radius 1 is 0.929 bits per heavy atom. The third kappa shape index (κ3) is 4.73. The average Bonchev–Trinajstić information content (AvgIpc) is 3.74. The summed E-state index contributed by atoms with van der Waals surface area (Å²) in [4.78, 5) is 30.9. The van der Waals surface area contributed by atoms with Gasteiger partial charge in [-0.3, -0.25) is 14.3 Å². The van der Waals surface area contributed by atoms with Crippen LogP contribution in [0.3, 0.4) is 0 Å². The summed E-state index contributed by atoms with van der Waals surface area (Å²) in [6.45, 7) is 8.25. The van der Waals surface area contributed by atoms with Crippen molar-refractivity contribution in [1.29, 1.82) is 0 Å².